The molecule has 0 amide bonds. The van der Waals surface area contributed by atoms with Crippen molar-refractivity contribution in [1.29, 1.82) is 0 Å². The van der Waals surface area contributed by atoms with Crippen molar-refractivity contribution in [1.82, 2.24) is 9.55 Å². The molecule has 0 saturated heterocycles. The average Bonchev–Trinajstić information content (AvgIpc) is 3.11. The number of nitrogens with zero attached hydrogens (tertiary/aromatic N) is 2. The van der Waals surface area contributed by atoms with E-state index in [-0.39, 0.29) is 5.56 Å². The van der Waals surface area contributed by atoms with Crippen molar-refractivity contribution in [3.8, 4) is 5.69 Å². The Labute approximate surface area is 150 Å². The third-order valence-electron chi connectivity index (χ3n) is 4.26. The molecule has 0 aliphatic carbocycles. The molecular weight excluding hydrogens is 324 g/mol. The highest BCUT2D eigenvalue weighted by Crippen LogP contribution is 2.22. The van der Waals surface area contributed by atoms with E-state index in [1.807, 2.05) is 60.9 Å². The van der Waals surface area contributed by atoms with E-state index >= 15 is 0 Å². The van der Waals surface area contributed by atoms with Crippen molar-refractivity contribution in [2.24, 2.45) is 0 Å². The van der Waals surface area contributed by atoms with Crippen LogP contribution in [0, 0.1) is 0 Å². The van der Waals surface area contributed by atoms with E-state index < -0.39 is 5.97 Å². The topological polar surface area (TPSA) is 55.1 Å². The Balaban J connectivity index is 1.71. The summed E-state index contributed by atoms with van der Waals surface area (Å²) in [5.41, 5.74) is 5.33. The van der Waals surface area contributed by atoms with E-state index in [0.717, 1.165) is 27.8 Å². The van der Waals surface area contributed by atoms with Crippen molar-refractivity contribution in [3.05, 3.63) is 95.8 Å². The maximum atomic E-state index is 10.9. The molecule has 1 N–H and O–H groups in total. The van der Waals surface area contributed by atoms with Crippen LogP contribution in [0.15, 0.2) is 79.1 Å². The summed E-state index contributed by atoms with van der Waals surface area (Å²) in [6.07, 6.45) is 5.84. The molecular formula is C22H16N2O2. The fraction of sp³-hybridized carbons (Fsp3) is 0. The van der Waals surface area contributed by atoms with Crippen molar-refractivity contribution in [3.63, 3.8) is 0 Å². The van der Waals surface area contributed by atoms with Crippen LogP contribution >= 0.6 is 0 Å². The second kappa shape index (κ2) is 6.69. The Morgan fingerprint density at radius 2 is 1.62 bits per heavy atom. The number of carboxylic acids is 1. The summed E-state index contributed by atoms with van der Waals surface area (Å²) < 4.78 is 2.07. The predicted molar refractivity (Wildman–Crippen MR) is 103 cm³/mol. The summed E-state index contributed by atoms with van der Waals surface area (Å²) in [6.45, 7) is 0. The number of aromatic nitrogens is 2. The van der Waals surface area contributed by atoms with Gasteiger partial charge in [-0.3, -0.25) is 4.57 Å². The van der Waals surface area contributed by atoms with E-state index in [9.17, 15) is 4.79 Å². The highest BCUT2D eigenvalue weighted by Gasteiger charge is 2.06. The zero-order chi connectivity index (χ0) is 17.9. The van der Waals surface area contributed by atoms with E-state index in [1.165, 1.54) is 0 Å². The minimum atomic E-state index is -0.919. The van der Waals surface area contributed by atoms with Gasteiger partial charge in [-0.25, -0.2) is 9.78 Å². The Kier molecular flexibility index (Phi) is 4.07. The van der Waals surface area contributed by atoms with Gasteiger partial charge in [0, 0.05) is 0 Å². The molecule has 3 aromatic carbocycles. The van der Waals surface area contributed by atoms with Crippen LogP contribution in [0.5, 0.6) is 0 Å². The van der Waals surface area contributed by atoms with Crippen LogP contribution < -0.4 is 0 Å². The van der Waals surface area contributed by atoms with Crippen LogP contribution in [0.4, 0.5) is 0 Å². The molecule has 4 heteroatoms. The third-order valence-corrected chi connectivity index (χ3v) is 4.26. The van der Waals surface area contributed by atoms with Crippen molar-refractivity contribution >= 4 is 29.2 Å². The van der Waals surface area contributed by atoms with Gasteiger partial charge >= 0.3 is 5.97 Å². The van der Waals surface area contributed by atoms with Crippen molar-refractivity contribution in [2.75, 3.05) is 0 Å². The van der Waals surface area contributed by atoms with Crippen molar-refractivity contribution < 1.29 is 9.90 Å². The molecule has 0 unspecified atom stereocenters. The first-order chi connectivity index (χ1) is 12.7. The summed E-state index contributed by atoms with van der Waals surface area (Å²) in [7, 11) is 0. The molecule has 4 aromatic rings. The Morgan fingerprint density at radius 3 is 2.42 bits per heavy atom. The molecule has 0 aliphatic heterocycles. The SMILES string of the molecule is O=C(O)c1ccc(C=Cc2ccccc2-n2cnc3ccccc32)cc1. The molecule has 0 fully saturated rings. The number of fused-ring (bicyclic) bond motifs is 1. The predicted octanol–water partition coefficient (Wildman–Crippen LogP) is 4.89. The molecule has 1 aromatic heterocycles. The number of carbonyl (C=O) groups is 1. The van der Waals surface area contributed by atoms with Gasteiger partial charge in [0.15, 0.2) is 0 Å². The molecule has 0 aliphatic rings. The standard InChI is InChI=1S/C22H16N2O2/c25-22(26)18-13-10-16(11-14-18)9-12-17-5-1-3-7-20(17)24-15-23-19-6-2-4-8-21(19)24/h1-15H,(H,25,26). The maximum absolute atomic E-state index is 10.9. The van der Waals surface area contributed by atoms with Crippen LogP contribution in [0.1, 0.15) is 21.5 Å². The molecule has 1 heterocycles. The Hall–Kier alpha value is -3.66. The quantitative estimate of drug-likeness (QED) is 0.538. The summed E-state index contributed by atoms with van der Waals surface area (Å²) >= 11 is 0. The maximum Gasteiger partial charge on any atom is 0.335 e. The van der Waals surface area contributed by atoms with Gasteiger partial charge in [0.2, 0.25) is 0 Å². The highest BCUT2D eigenvalue weighted by molar-refractivity contribution is 5.88. The molecule has 26 heavy (non-hydrogen) atoms. The molecule has 0 bridgehead atoms. The van der Waals surface area contributed by atoms with Gasteiger partial charge in [-0.2, -0.15) is 0 Å². The lowest BCUT2D eigenvalue weighted by atomic mass is 10.1. The average molecular weight is 340 g/mol. The Bertz CT molecular complexity index is 1110. The third kappa shape index (κ3) is 3.00. The first kappa shape index (κ1) is 15.8. The number of hydrogen-bond donors (Lipinski definition) is 1. The van der Waals surface area contributed by atoms with Gasteiger partial charge in [0.05, 0.1) is 22.3 Å². The number of carboxylic acid groups (broad SMARTS) is 1. The monoisotopic (exact) mass is 340 g/mol. The fourth-order valence-corrected chi connectivity index (χ4v) is 2.92. The van der Waals surface area contributed by atoms with E-state index in [2.05, 4.69) is 15.6 Å². The van der Waals surface area contributed by atoms with Crippen LogP contribution in [-0.4, -0.2) is 20.6 Å². The van der Waals surface area contributed by atoms with Crippen LogP contribution in [-0.2, 0) is 0 Å². The van der Waals surface area contributed by atoms with Gasteiger partial charge in [-0.15, -0.1) is 0 Å². The van der Waals surface area contributed by atoms with Crippen LogP contribution in [0.3, 0.4) is 0 Å². The highest BCUT2D eigenvalue weighted by atomic mass is 16.4. The molecule has 0 radical (unpaired) electrons. The molecule has 4 nitrogen and oxygen atoms in total. The molecule has 0 atom stereocenters. The second-order valence-electron chi connectivity index (χ2n) is 5.92. The van der Waals surface area contributed by atoms with Gasteiger partial charge in [0.1, 0.15) is 6.33 Å². The first-order valence-electron chi connectivity index (χ1n) is 8.25. The Morgan fingerprint density at radius 1 is 0.885 bits per heavy atom. The number of aromatic carboxylic acids is 1. The van der Waals surface area contributed by atoms with Crippen molar-refractivity contribution in [2.45, 2.75) is 0 Å². The second-order valence-corrected chi connectivity index (χ2v) is 5.92. The van der Waals surface area contributed by atoms with E-state index in [1.54, 1.807) is 24.3 Å². The number of hydrogen-bond acceptors (Lipinski definition) is 2. The largest absolute Gasteiger partial charge is 0.478 e. The minimum Gasteiger partial charge on any atom is -0.478 e. The number of imidazole rings is 1. The van der Waals surface area contributed by atoms with E-state index in [4.69, 9.17) is 5.11 Å². The fourth-order valence-electron chi connectivity index (χ4n) is 2.92. The van der Waals surface area contributed by atoms with Gasteiger partial charge < -0.3 is 5.11 Å². The van der Waals surface area contributed by atoms with E-state index in [0.29, 0.717) is 0 Å². The molecule has 0 spiro atoms. The van der Waals surface area contributed by atoms with Crippen LogP contribution in [0.2, 0.25) is 0 Å². The molecule has 0 saturated carbocycles. The minimum absolute atomic E-state index is 0.285. The molecule has 4 rings (SSSR count). The number of para-hydroxylation sites is 3. The van der Waals surface area contributed by atoms with Gasteiger partial charge in [-0.05, 0) is 41.5 Å². The van der Waals surface area contributed by atoms with Gasteiger partial charge in [0.25, 0.3) is 0 Å². The summed E-state index contributed by atoms with van der Waals surface area (Å²) in [5.74, 6) is -0.919. The summed E-state index contributed by atoms with van der Waals surface area (Å²) in [4.78, 5) is 15.4. The smallest absolute Gasteiger partial charge is 0.335 e. The molecule has 126 valence electrons. The summed E-state index contributed by atoms with van der Waals surface area (Å²) in [5, 5.41) is 8.99. The van der Waals surface area contributed by atoms with Gasteiger partial charge in [-0.1, -0.05) is 54.6 Å². The summed E-state index contributed by atoms with van der Waals surface area (Å²) in [6, 6.07) is 22.9. The number of benzene rings is 3. The lowest BCUT2D eigenvalue weighted by Gasteiger charge is -2.08. The zero-order valence-corrected chi connectivity index (χ0v) is 13.9. The lowest BCUT2D eigenvalue weighted by molar-refractivity contribution is 0.0697. The van der Waals surface area contributed by atoms with Crippen LogP contribution in [0.25, 0.3) is 28.9 Å². The first-order valence-corrected chi connectivity index (χ1v) is 8.25. The number of rotatable bonds is 4. The normalized spacial score (nSPS) is 11.2. The zero-order valence-electron chi connectivity index (χ0n) is 13.9. The lowest BCUT2D eigenvalue weighted by Crippen LogP contribution is -1.95.